The summed E-state index contributed by atoms with van der Waals surface area (Å²) in [6.07, 6.45) is -3.13. The number of pyridine rings is 1. The summed E-state index contributed by atoms with van der Waals surface area (Å²) in [6, 6.07) is 4.03. The molecule has 0 saturated carbocycles. The Kier molecular flexibility index (Phi) is 5.38. The highest BCUT2D eigenvalue weighted by Gasteiger charge is 2.30. The normalized spacial score (nSPS) is 11.5. The summed E-state index contributed by atoms with van der Waals surface area (Å²) in [5, 5.41) is 2.29. The lowest BCUT2D eigenvalue weighted by Crippen LogP contribution is -2.42. The van der Waals surface area contributed by atoms with E-state index in [2.05, 4.69) is 10.3 Å². The first-order valence-electron chi connectivity index (χ1n) is 8.64. The van der Waals surface area contributed by atoms with Gasteiger partial charge in [0, 0.05) is 24.5 Å². The number of carbonyl (C=O) groups excluding carboxylic acids is 1. The van der Waals surface area contributed by atoms with E-state index < -0.39 is 35.4 Å². The fraction of sp³-hybridized carbons (Fsp3) is 0.263. The van der Waals surface area contributed by atoms with Crippen molar-refractivity contribution in [2.24, 2.45) is 7.05 Å². The molecule has 0 spiro atoms. The molecule has 3 rings (SSSR count). The Labute approximate surface area is 167 Å². The molecule has 0 atom stereocenters. The number of halogens is 3. The second-order valence-electron chi connectivity index (χ2n) is 6.53. The molecule has 0 aliphatic heterocycles. The largest absolute Gasteiger partial charge is 0.495 e. The maximum atomic E-state index is 12.9. The van der Waals surface area contributed by atoms with Crippen molar-refractivity contribution in [3.05, 3.63) is 62.4 Å². The average molecular weight is 422 g/mol. The van der Waals surface area contributed by atoms with Crippen molar-refractivity contribution in [1.29, 1.82) is 0 Å². The van der Waals surface area contributed by atoms with Crippen molar-refractivity contribution in [3.63, 3.8) is 0 Å². The van der Waals surface area contributed by atoms with Gasteiger partial charge >= 0.3 is 11.9 Å². The average Bonchev–Trinajstić information content (AvgIpc) is 2.68. The maximum absolute atomic E-state index is 12.9. The molecule has 0 aliphatic carbocycles. The second-order valence-corrected chi connectivity index (χ2v) is 6.53. The van der Waals surface area contributed by atoms with E-state index in [0.717, 1.165) is 22.8 Å². The predicted octanol–water partition coefficient (Wildman–Crippen LogP) is 2.07. The van der Waals surface area contributed by atoms with Crippen molar-refractivity contribution in [2.75, 3.05) is 12.4 Å². The lowest BCUT2D eigenvalue weighted by Gasteiger charge is -2.14. The van der Waals surface area contributed by atoms with Crippen LogP contribution in [0.2, 0.25) is 0 Å². The van der Waals surface area contributed by atoms with Crippen LogP contribution in [0.5, 0.6) is 5.75 Å². The summed E-state index contributed by atoms with van der Waals surface area (Å²) in [5.41, 5.74) is -2.01. The van der Waals surface area contributed by atoms with Gasteiger partial charge in [-0.2, -0.15) is 13.2 Å². The number of hydrogen-bond donors (Lipinski definition) is 1. The van der Waals surface area contributed by atoms with E-state index >= 15 is 0 Å². The number of anilines is 1. The minimum Gasteiger partial charge on any atom is -0.495 e. The number of benzene rings is 1. The van der Waals surface area contributed by atoms with Crippen LogP contribution in [0.1, 0.15) is 11.1 Å². The number of nitrogens with one attached hydrogen (secondary N) is 1. The Morgan fingerprint density at radius 2 is 1.97 bits per heavy atom. The molecule has 0 bridgehead atoms. The smallest absolute Gasteiger partial charge is 0.416 e. The minimum atomic E-state index is -4.58. The van der Waals surface area contributed by atoms with E-state index in [1.54, 1.807) is 6.92 Å². The zero-order valence-electron chi connectivity index (χ0n) is 16.2. The monoisotopic (exact) mass is 422 g/mol. The van der Waals surface area contributed by atoms with Crippen LogP contribution >= 0.6 is 0 Å². The molecule has 2 heterocycles. The predicted molar refractivity (Wildman–Crippen MR) is 103 cm³/mol. The Morgan fingerprint density at radius 3 is 2.60 bits per heavy atom. The van der Waals surface area contributed by atoms with Gasteiger partial charge in [0.1, 0.15) is 17.7 Å². The number of nitrogens with zero attached hydrogens (tertiary/aromatic N) is 3. The van der Waals surface area contributed by atoms with Crippen molar-refractivity contribution in [2.45, 2.75) is 19.6 Å². The van der Waals surface area contributed by atoms with Gasteiger partial charge in [-0.3, -0.25) is 14.2 Å². The Hall–Kier alpha value is -3.63. The number of ether oxygens (including phenoxy) is 1. The van der Waals surface area contributed by atoms with Crippen LogP contribution in [0.15, 0.2) is 40.1 Å². The van der Waals surface area contributed by atoms with Gasteiger partial charge in [-0.25, -0.2) is 14.3 Å². The standard InChI is InChI=1S/C19H17F3N4O4/c1-10-8-23-16-14(15(10)30-3)17(28)26(18(29)25(16)2)9-13(27)24-12-6-4-5-11(7-12)19(20,21)22/h4-8H,9H2,1-3H3,(H,24,27). The van der Waals surface area contributed by atoms with Crippen LogP contribution in [0, 0.1) is 6.92 Å². The van der Waals surface area contributed by atoms with E-state index in [0.29, 0.717) is 10.1 Å². The fourth-order valence-corrected chi connectivity index (χ4v) is 3.04. The van der Waals surface area contributed by atoms with Crippen LogP contribution in [0.25, 0.3) is 11.0 Å². The second kappa shape index (κ2) is 7.65. The van der Waals surface area contributed by atoms with Gasteiger partial charge in [0.05, 0.1) is 12.7 Å². The topological polar surface area (TPSA) is 95.2 Å². The SMILES string of the molecule is COc1c(C)cnc2c1c(=O)n(CC(=O)Nc1cccc(C(F)(F)F)c1)c(=O)n2C. The summed E-state index contributed by atoms with van der Waals surface area (Å²) in [4.78, 5) is 41.9. The molecule has 1 N–H and O–H groups in total. The Morgan fingerprint density at radius 1 is 1.27 bits per heavy atom. The lowest BCUT2D eigenvalue weighted by atomic mass is 10.2. The van der Waals surface area contributed by atoms with E-state index in [1.165, 1.54) is 26.4 Å². The molecule has 30 heavy (non-hydrogen) atoms. The van der Waals surface area contributed by atoms with Gasteiger partial charge in [-0.15, -0.1) is 0 Å². The Bertz CT molecular complexity index is 1260. The van der Waals surface area contributed by atoms with Crippen molar-refractivity contribution < 1.29 is 22.7 Å². The van der Waals surface area contributed by atoms with Crippen LogP contribution in [0.4, 0.5) is 18.9 Å². The van der Waals surface area contributed by atoms with E-state index in [9.17, 15) is 27.6 Å². The number of aryl methyl sites for hydroxylation is 2. The minimum absolute atomic E-state index is 0.0199. The molecule has 2 aromatic heterocycles. The molecule has 0 fully saturated rings. The van der Waals surface area contributed by atoms with Crippen LogP contribution < -0.4 is 21.3 Å². The molecule has 0 saturated heterocycles. The molecular weight excluding hydrogens is 405 g/mol. The summed E-state index contributed by atoms with van der Waals surface area (Å²) >= 11 is 0. The summed E-state index contributed by atoms with van der Waals surface area (Å²) in [6.45, 7) is 0.968. The number of rotatable bonds is 4. The number of aromatic nitrogens is 3. The molecule has 3 aromatic rings. The van der Waals surface area contributed by atoms with Gasteiger partial charge in [-0.1, -0.05) is 6.07 Å². The molecular formula is C19H17F3N4O4. The van der Waals surface area contributed by atoms with Gasteiger partial charge in [0.25, 0.3) is 5.56 Å². The van der Waals surface area contributed by atoms with E-state index in [1.807, 2.05) is 0 Å². The third-order valence-electron chi connectivity index (χ3n) is 4.46. The molecule has 0 unspecified atom stereocenters. The van der Waals surface area contributed by atoms with Crippen LogP contribution in [-0.4, -0.2) is 27.1 Å². The Balaban J connectivity index is 2.01. The number of hydrogen-bond acceptors (Lipinski definition) is 5. The number of fused-ring (bicyclic) bond motifs is 1. The number of alkyl halides is 3. The summed E-state index contributed by atoms with van der Waals surface area (Å²) in [5.74, 6) is -0.625. The molecule has 0 radical (unpaired) electrons. The van der Waals surface area contributed by atoms with Crippen LogP contribution in [-0.2, 0) is 24.6 Å². The summed E-state index contributed by atoms with van der Waals surface area (Å²) < 4.78 is 45.5. The highest BCUT2D eigenvalue weighted by molar-refractivity contribution is 5.91. The van der Waals surface area contributed by atoms with E-state index in [-0.39, 0.29) is 22.5 Å². The van der Waals surface area contributed by atoms with Gasteiger partial charge < -0.3 is 10.1 Å². The molecule has 1 amide bonds. The highest BCUT2D eigenvalue weighted by Crippen LogP contribution is 2.30. The summed E-state index contributed by atoms with van der Waals surface area (Å²) in [7, 11) is 2.74. The molecule has 0 aliphatic rings. The third kappa shape index (κ3) is 3.78. The number of amides is 1. The lowest BCUT2D eigenvalue weighted by molar-refractivity contribution is -0.137. The first kappa shape index (κ1) is 21.1. The molecule has 11 heteroatoms. The first-order valence-corrected chi connectivity index (χ1v) is 8.64. The maximum Gasteiger partial charge on any atom is 0.416 e. The number of methoxy groups -OCH3 is 1. The highest BCUT2D eigenvalue weighted by atomic mass is 19.4. The van der Waals surface area contributed by atoms with Crippen LogP contribution in [0.3, 0.4) is 0 Å². The molecule has 158 valence electrons. The zero-order valence-corrected chi connectivity index (χ0v) is 16.2. The zero-order chi connectivity index (χ0) is 22.2. The fourth-order valence-electron chi connectivity index (χ4n) is 3.04. The number of carbonyl (C=O) groups is 1. The van der Waals surface area contributed by atoms with Crippen molar-refractivity contribution >= 4 is 22.6 Å². The third-order valence-corrected chi connectivity index (χ3v) is 4.46. The van der Waals surface area contributed by atoms with Crippen molar-refractivity contribution in [3.8, 4) is 5.75 Å². The van der Waals surface area contributed by atoms with Gasteiger partial charge in [-0.05, 0) is 25.1 Å². The van der Waals surface area contributed by atoms with Gasteiger partial charge in [0.15, 0.2) is 5.65 Å². The molecule has 1 aromatic carbocycles. The van der Waals surface area contributed by atoms with E-state index in [4.69, 9.17) is 4.74 Å². The first-order chi connectivity index (χ1) is 14.0. The van der Waals surface area contributed by atoms with Gasteiger partial charge in [0.2, 0.25) is 5.91 Å². The van der Waals surface area contributed by atoms with Crippen molar-refractivity contribution in [1.82, 2.24) is 14.1 Å². The molecule has 8 nitrogen and oxygen atoms in total. The quantitative estimate of drug-likeness (QED) is 0.695.